The Morgan fingerprint density at radius 2 is 2.12 bits per heavy atom. The summed E-state index contributed by atoms with van der Waals surface area (Å²) in [6.45, 7) is 8.14. The number of halogens is 1. The first-order chi connectivity index (χ1) is 12.7. The highest BCUT2D eigenvalue weighted by Gasteiger charge is 2.18. The van der Waals surface area contributed by atoms with Crippen LogP contribution in [0, 0.1) is 11.7 Å². The molecule has 0 aliphatic carbocycles. The van der Waals surface area contributed by atoms with E-state index in [1.165, 1.54) is 25.0 Å². The van der Waals surface area contributed by atoms with Crippen LogP contribution < -0.4 is 5.32 Å². The highest BCUT2D eigenvalue weighted by molar-refractivity contribution is 5.80. The highest BCUT2D eigenvalue weighted by atomic mass is 19.1. The van der Waals surface area contributed by atoms with Gasteiger partial charge in [0, 0.05) is 38.8 Å². The summed E-state index contributed by atoms with van der Waals surface area (Å²) in [5, 5.41) is 7.98. The van der Waals surface area contributed by atoms with Gasteiger partial charge in [-0.2, -0.15) is 5.10 Å². The maximum atomic E-state index is 13.0. The third-order valence-corrected chi connectivity index (χ3v) is 4.66. The van der Waals surface area contributed by atoms with Crippen LogP contribution in [-0.4, -0.2) is 46.8 Å². The molecule has 140 valence electrons. The Hall–Kier alpha value is -2.37. The molecule has 2 heterocycles. The second kappa shape index (κ2) is 8.83. The lowest BCUT2D eigenvalue weighted by atomic mass is 10.0. The number of guanidine groups is 1. The summed E-state index contributed by atoms with van der Waals surface area (Å²) in [6.07, 6.45) is 5.22. The molecule has 1 aliphatic rings. The van der Waals surface area contributed by atoms with E-state index in [1.807, 2.05) is 12.3 Å². The Labute approximate surface area is 154 Å². The Morgan fingerprint density at radius 3 is 2.85 bits per heavy atom. The first-order valence-corrected chi connectivity index (χ1v) is 9.49. The third kappa shape index (κ3) is 4.84. The van der Waals surface area contributed by atoms with Crippen LogP contribution in [0.25, 0.3) is 5.69 Å². The molecule has 1 atom stereocenters. The topological polar surface area (TPSA) is 45.5 Å². The lowest BCUT2D eigenvalue weighted by Crippen LogP contribution is -2.46. The minimum absolute atomic E-state index is 0.238. The average molecular weight is 357 g/mol. The number of hydrogen-bond donors (Lipinski definition) is 1. The fourth-order valence-electron chi connectivity index (χ4n) is 3.32. The van der Waals surface area contributed by atoms with Crippen LogP contribution in [-0.2, 0) is 6.42 Å². The molecule has 1 N–H and O–H groups in total. The summed E-state index contributed by atoms with van der Waals surface area (Å²) in [6, 6.07) is 8.34. The second-order valence-electron chi connectivity index (χ2n) is 6.91. The number of nitrogens with one attached hydrogen (secondary N) is 1. The molecular formula is C20H28FN5. The van der Waals surface area contributed by atoms with Crippen LogP contribution in [0.1, 0.15) is 32.4 Å². The van der Waals surface area contributed by atoms with Crippen molar-refractivity contribution >= 4 is 5.96 Å². The molecule has 1 unspecified atom stereocenters. The molecule has 1 aromatic carbocycles. The molecule has 0 amide bonds. The van der Waals surface area contributed by atoms with Crippen molar-refractivity contribution in [1.82, 2.24) is 20.0 Å². The lowest BCUT2D eigenvalue weighted by Gasteiger charge is -2.33. The number of aromatic nitrogens is 2. The zero-order chi connectivity index (χ0) is 18.4. The largest absolute Gasteiger partial charge is 0.357 e. The number of hydrogen-bond acceptors (Lipinski definition) is 2. The fraction of sp³-hybridized carbons (Fsp3) is 0.500. The number of benzene rings is 1. The van der Waals surface area contributed by atoms with Gasteiger partial charge in [0.25, 0.3) is 0 Å². The smallest absolute Gasteiger partial charge is 0.193 e. The van der Waals surface area contributed by atoms with Crippen molar-refractivity contribution in [2.75, 3.05) is 26.2 Å². The summed E-state index contributed by atoms with van der Waals surface area (Å²) in [4.78, 5) is 7.16. The minimum Gasteiger partial charge on any atom is -0.357 e. The molecule has 1 aromatic heterocycles. The second-order valence-corrected chi connectivity index (χ2v) is 6.91. The first kappa shape index (κ1) is 18.4. The number of rotatable bonds is 5. The van der Waals surface area contributed by atoms with E-state index in [4.69, 9.17) is 4.99 Å². The SMILES string of the molecule is CCNC(=NCCc1ccn(-c2ccc(F)cc2)n1)N1CCCC(C)C1. The zero-order valence-corrected chi connectivity index (χ0v) is 15.7. The van der Waals surface area contributed by atoms with Gasteiger partial charge in [-0.05, 0) is 56.0 Å². The number of piperidine rings is 1. The van der Waals surface area contributed by atoms with E-state index >= 15 is 0 Å². The lowest BCUT2D eigenvalue weighted by molar-refractivity contribution is 0.266. The van der Waals surface area contributed by atoms with Crippen LogP contribution >= 0.6 is 0 Å². The van der Waals surface area contributed by atoms with Crippen LogP contribution in [0.5, 0.6) is 0 Å². The van der Waals surface area contributed by atoms with Crippen LogP contribution in [0.4, 0.5) is 4.39 Å². The van der Waals surface area contributed by atoms with Gasteiger partial charge < -0.3 is 10.2 Å². The molecule has 1 fully saturated rings. The van der Waals surface area contributed by atoms with Gasteiger partial charge >= 0.3 is 0 Å². The molecule has 3 rings (SSSR count). The predicted molar refractivity (Wildman–Crippen MR) is 103 cm³/mol. The maximum Gasteiger partial charge on any atom is 0.193 e. The number of nitrogens with zero attached hydrogens (tertiary/aromatic N) is 4. The Bertz CT molecular complexity index is 722. The van der Waals surface area contributed by atoms with Crippen LogP contribution in [0.2, 0.25) is 0 Å². The molecule has 5 nitrogen and oxygen atoms in total. The van der Waals surface area contributed by atoms with Crippen molar-refractivity contribution in [3.05, 3.63) is 48.0 Å². The molecule has 0 bridgehead atoms. The van der Waals surface area contributed by atoms with Crippen molar-refractivity contribution in [3.63, 3.8) is 0 Å². The highest BCUT2D eigenvalue weighted by Crippen LogP contribution is 2.15. The van der Waals surface area contributed by atoms with Crippen molar-refractivity contribution < 1.29 is 4.39 Å². The van der Waals surface area contributed by atoms with Gasteiger partial charge in [-0.15, -0.1) is 0 Å². The van der Waals surface area contributed by atoms with Gasteiger partial charge in [0.15, 0.2) is 5.96 Å². The van der Waals surface area contributed by atoms with E-state index in [0.29, 0.717) is 6.54 Å². The monoisotopic (exact) mass is 357 g/mol. The molecule has 0 radical (unpaired) electrons. The van der Waals surface area contributed by atoms with E-state index in [2.05, 4.69) is 29.2 Å². The van der Waals surface area contributed by atoms with E-state index in [0.717, 1.165) is 49.3 Å². The fourth-order valence-corrected chi connectivity index (χ4v) is 3.32. The first-order valence-electron chi connectivity index (χ1n) is 9.49. The standard InChI is InChI=1S/C20H28FN5/c1-3-22-20(25-13-4-5-16(2)15-25)23-12-10-18-11-14-26(24-18)19-8-6-17(21)7-9-19/h6-9,11,14,16H,3-5,10,12-13,15H2,1-2H3,(H,22,23). The van der Waals surface area contributed by atoms with Gasteiger partial charge in [0.1, 0.15) is 5.82 Å². The number of aliphatic imine (C=N–C) groups is 1. The van der Waals surface area contributed by atoms with E-state index in [-0.39, 0.29) is 5.82 Å². The number of likely N-dealkylation sites (tertiary alicyclic amines) is 1. The van der Waals surface area contributed by atoms with Crippen LogP contribution in [0.15, 0.2) is 41.5 Å². The summed E-state index contributed by atoms with van der Waals surface area (Å²) >= 11 is 0. The van der Waals surface area contributed by atoms with Gasteiger partial charge in [0.2, 0.25) is 0 Å². The molecular weight excluding hydrogens is 329 g/mol. The minimum atomic E-state index is -0.238. The van der Waals surface area contributed by atoms with Crippen molar-refractivity contribution in [2.45, 2.75) is 33.1 Å². The summed E-state index contributed by atoms with van der Waals surface area (Å²) in [5.41, 5.74) is 1.85. The van der Waals surface area contributed by atoms with Gasteiger partial charge in [-0.25, -0.2) is 9.07 Å². The maximum absolute atomic E-state index is 13.0. The average Bonchev–Trinajstić information content (AvgIpc) is 3.10. The van der Waals surface area contributed by atoms with Gasteiger partial charge in [-0.3, -0.25) is 4.99 Å². The Kier molecular flexibility index (Phi) is 6.26. The molecule has 2 aromatic rings. The van der Waals surface area contributed by atoms with Crippen LogP contribution in [0.3, 0.4) is 0 Å². The predicted octanol–water partition coefficient (Wildman–Crippen LogP) is 3.25. The van der Waals surface area contributed by atoms with Crippen molar-refractivity contribution in [2.24, 2.45) is 10.9 Å². The molecule has 6 heteroatoms. The van der Waals surface area contributed by atoms with E-state index in [9.17, 15) is 4.39 Å². The Balaban J connectivity index is 1.60. The Morgan fingerprint density at radius 1 is 1.31 bits per heavy atom. The van der Waals surface area contributed by atoms with E-state index < -0.39 is 0 Å². The third-order valence-electron chi connectivity index (χ3n) is 4.66. The van der Waals surface area contributed by atoms with Gasteiger partial charge in [0.05, 0.1) is 11.4 Å². The van der Waals surface area contributed by atoms with Gasteiger partial charge in [-0.1, -0.05) is 6.92 Å². The summed E-state index contributed by atoms with van der Waals surface area (Å²) in [5.74, 6) is 1.49. The quantitative estimate of drug-likeness (QED) is 0.660. The zero-order valence-electron chi connectivity index (χ0n) is 15.7. The molecule has 1 aliphatic heterocycles. The van der Waals surface area contributed by atoms with Crippen molar-refractivity contribution in [3.8, 4) is 5.69 Å². The van der Waals surface area contributed by atoms with Crippen molar-refractivity contribution in [1.29, 1.82) is 0 Å². The molecule has 0 spiro atoms. The molecule has 26 heavy (non-hydrogen) atoms. The molecule has 0 saturated carbocycles. The summed E-state index contributed by atoms with van der Waals surface area (Å²) in [7, 11) is 0. The summed E-state index contributed by atoms with van der Waals surface area (Å²) < 4.78 is 14.8. The normalized spacial score (nSPS) is 18.2. The van der Waals surface area contributed by atoms with E-state index in [1.54, 1.807) is 16.8 Å². The molecule has 1 saturated heterocycles.